The molecule has 112 valence electrons. The second-order valence-corrected chi connectivity index (χ2v) is 4.16. The molecule has 1 aromatic carbocycles. The highest BCUT2D eigenvalue weighted by atomic mass is 19.1. The summed E-state index contributed by atoms with van der Waals surface area (Å²) in [5.41, 5.74) is 0.583. The first-order chi connectivity index (χ1) is 10.1. The molecule has 0 saturated heterocycles. The number of hydrogen-bond acceptors (Lipinski definition) is 5. The van der Waals surface area contributed by atoms with Gasteiger partial charge in [0, 0.05) is 5.56 Å². The number of nitrogens with zero attached hydrogens (tertiary/aromatic N) is 3. The van der Waals surface area contributed by atoms with Gasteiger partial charge in [0.05, 0.1) is 26.4 Å². The molecule has 2 rings (SSSR count). The van der Waals surface area contributed by atoms with Crippen LogP contribution in [0, 0.1) is 5.82 Å². The van der Waals surface area contributed by atoms with Crippen molar-refractivity contribution in [3.05, 3.63) is 35.8 Å². The minimum absolute atomic E-state index is 0.0947. The Hall–Kier alpha value is -2.32. The number of ether oxygens (including phenoxy) is 1. The van der Waals surface area contributed by atoms with Crippen LogP contribution in [0.25, 0.3) is 11.3 Å². The van der Waals surface area contributed by atoms with Crippen LogP contribution >= 0.6 is 0 Å². The maximum Gasteiger partial charge on any atom is 0.358 e. The van der Waals surface area contributed by atoms with Gasteiger partial charge in [-0.25, -0.2) is 13.9 Å². The summed E-state index contributed by atoms with van der Waals surface area (Å²) in [4.78, 5) is 11.2. The van der Waals surface area contributed by atoms with Gasteiger partial charge in [0.25, 0.3) is 0 Å². The lowest BCUT2D eigenvalue weighted by atomic mass is 10.1. The lowest BCUT2D eigenvalue weighted by Crippen LogP contribution is -2.11. The molecule has 0 aliphatic heterocycles. The molecule has 2 N–H and O–H groups in total. The molecule has 0 aliphatic carbocycles. The Morgan fingerprint density at radius 1 is 1.29 bits per heavy atom. The SMILES string of the molecule is O=C(O)c1nnn(CCOCCO)c1-c1ccc(F)cc1. The fraction of sp³-hybridized carbons (Fsp3) is 0.308. The topological polar surface area (TPSA) is 97.5 Å². The molecule has 1 aromatic heterocycles. The number of aromatic nitrogens is 3. The van der Waals surface area contributed by atoms with Crippen molar-refractivity contribution in [1.29, 1.82) is 0 Å². The summed E-state index contributed by atoms with van der Waals surface area (Å²) < 4.78 is 19.5. The third-order valence-electron chi connectivity index (χ3n) is 2.74. The first-order valence-electron chi connectivity index (χ1n) is 6.25. The van der Waals surface area contributed by atoms with E-state index in [0.29, 0.717) is 5.56 Å². The standard InChI is InChI=1S/C13H14FN3O4/c14-10-3-1-9(2-4-10)12-11(13(19)20)15-16-17(12)5-7-21-8-6-18/h1-4,18H,5-8H2,(H,19,20). The van der Waals surface area contributed by atoms with E-state index in [1.165, 1.54) is 28.9 Å². The molecule has 0 atom stereocenters. The average Bonchev–Trinajstić information content (AvgIpc) is 2.88. The lowest BCUT2D eigenvalue weighted by molar-refractivity contribution is 0.0691. The Kier molecular flexibility index (Phi) is 4.96. The highest BCUT2D eigenvalue weighted by molar-refractivity contribution is 5.92. The zero-order valence-corrected chi connectivity index (χ0v) is 11.1. The zero-order chi connectivity index (χ0) is 15.2. The fourth-order valence-corrected chi connectivity index (χ4v) is 1.82. The average molecular weight is 295 g/mol. The number of carboxylic acids is 1. The predicted octanol–water partition coefficient (Wildman–Crippen LogP) is 0.791. The summed E-state index contributed by atoms with van der Waals surface area (Å²) in [6, 6.07) is 5.40. The molecule has 0 unspecified atom stereocenters. The largest absolute Gasteiger partial charge is 0.476 e. The predicted molar refractivity (Wildman–Crippen MR) is 70.3 cm³/mol. The van der Waals surface area contributed by atoms with Gasteiger partial charge < -0.3 is 14.9 Å². The van der Waals surface area contributed by atoms with E-state index in [0.717, 1.165) is 0 Å². The monoisotopic (exact) mass is 295 g/mol. The van der Waals surface area contributed by atoms with Gasteiger partial charge in [-0.1, -0.05) is 5.21 Å². The van der Waals surface area contributed by atoms with E-state index in [9.17, 15) is 9.18 Å². The van der Waals surface area contributed by atoms with Crippen molar-refractivity contribution in [2.45, 2.75) is 6.54 Å². The number of aromatic carboxylic acids is 1. The lowest BCUT2D eigenvalue weighted by Gasteiger charge is -2.07. The van der Waals surface area contributed by atoms with Crippen LogP contribution in [0.1, 0.15) is 10.5 Å². The minimum atomic E-state index is -1.21. The third kappa shape index (κ3) is 3.61. The second kappa shape index (κ2) is 6.91. The summed E-state index contributed by atoms with van der Waals surface area (Å²) in [5.74, 6) is -1.63. The molecule has 7 nitrogen and oxygen atoms in total. The van der Waals surface area contributed by atoms with Crippen molar-refractivity contribution < 1.29 is 24.1 Å². The normalized spacial score (nSPS) is 10.8. The molecule has 0 spiro atoms. The highest BCUT2D eigenvalue weighted by Gasteiger charge is 2.20. The minimum Gasteiger partial charge on any atom is -0.476 e. The Morgan fingerprint density at radius 2 is 2.00 bits per heavy atom. The van der Waals surface area contributed by atoms with Crippen molar-refractivity contribution in [2.75, 3.05) is 19.8 Å². The van der Waals surface area contributed by atoms with Gasteiger partial charge in [0.2, 0.25) is 0 Å². The molecule has 0 amide bonds. The molecular formula is C13H14FN3O4. The zero-order valence-electron chi connectivity index (χ0n) is 11.1. The smallest absolute Gasteiger partial charge is 0.358 e. The number of aliphatic hydroxyl groups excluding tert-OH is 1. The summed E-state index contributed by atoms with van der Waals surface area (Å²) in [6.45, 7) is 0.610. The summed E-state index contributed by atoms with van der Waals surface area (Å²) in [7, 11) is 0. The number of carboxylic acid groups (broad SMARTS) is 1. The Balaban J connectivity index is 2.29. The van der Waals surface area contributed by atoms with E-state index in [2.05, 4.69) is 10.3 Å². The number of halogens is 1. The third-order valence-corrected chi connectivity index (χ3v) is 2.74. The molecule has 0 fully saturated rings. The Labute approximate surface area is 119 Å². The quantitative estimate of drug-likeness (QED) is 0.733. The van der Waals surface area contributed by atoms with Crippen LogP contribution in [0.15, 0.2) is 24.3 Å². The van der Waals surface area contributed by atoms with Gasteiger partial charge >= 0.3 is 5.97 Å². The van der Waals surface area contributed by atoms with E-state index in [4.69, 9.17) is 14.9 Å². The summed E-state index contributed by atoms with van der Waals surface area (Å²) in [5, 5.41) is 25.2. The molecule has 1 heterocycles. The van der Waals surface area contributed by atoms with Gasteiger partial charge in [-0.05, 0) is 24.3 Å². The van der Waals surface area contributed by atoms with E-state index >= 15 is 0 Å². The van der Waals surface area contributed by atoms with Crippen LogP contribution in [0.3, 0.4) is 0 Å². The number of rotatable bonds is 7. The first kappa shape index (κ1) is 15.1. The molecule has 2 aromatic rings. The van der Waals surface area contributed by atoms with E-state index < -0.39 is 11.8 Å². The van der Waals surface area contributed by atoms with Crippen molar-refractivity contribution >= 4 is 5.97 Å². The molecule has 21 heavy (non-hydrogen) atoms. The van der Waals surface area contributed by atoms with Crippen molar-refractivity contribution in [3.8, 4) is 11.3 Å². The van der Waals surface area contributed by atoms with E-state index in [-0.39, 0.29) is 37.8 Å². The Bertz CT molecular complexity index is 612. The summed E-state index contributed by atoms with van der Waals surface area (Å²) >= 11 is 0. The van der Waals surface area contributed by atoms with Crippen LogP contribution in [0.2, 0.25) is 0 Å². The number of aliphatic hydroxyl groups is 1. The van der Waals surface area contributed by atoms with Crippen LogP contribution < -0.4 is 0 Å². The van der Waals surface area contributed by atoms with Gasteiger partial charge in [-0.2, -0.15) is 0 Å². The first-order valence-corrected chi connectivity index (χ1v) is 6.25. The van der Waals surface area contributed by atoms with Crippen LogP contribution in [-0.2, 0) is 11.3 Å². The van der Waals surface area contributed by atoms with Crippen molar-refractivity contribution in [3.63, 3.8) is 0 Å². The van der Waals surface area contributed by atoms with Gasteiger partial charge in [0.15, 0.2) is 5.69 Å². The Morgan fingerprint density at radius 3 is 2.62 bits per heavy atom. The fourth-order valence-electron chi connectivity index (χ4n) is 1.82. The number of benzene rings is 1. The molecular weight excluding hydrogens is 281 g/mol. The van der Waals surface area contributed by atoms with E-state index in [1.54, 1.807) is 0 Å². The number of hydrogen-bond donors (Lipinski definition) is 2. The van der Waals surface area contributed by atoms with Gasteiger partial charge in [-0.3, -0.25) is 0 Å². The van der Waals surface area contributed by atoms with Crippen LogP contribution in [0.4, 0.5) is 4.39 Å². The second-order valence-electron chi connectivity index (χ2n) is 4.16. The molecule has 8 heteroatoms. The molecule has 0 saturated carbocycles. The molecule has 0 aliphatic rings. The van der Waals surface area contributed by atoms with Gasteiger partial charge in [-0.15, -0.1) is 5.10 Å². The van der Waals surface area contributed by atoms with Crippen molar-refractivity contribution in [2.24, 2.45) is 0 Å². The maximum absolute atomic E-state index is 13.0. The highest BCUT2D eigenvalue weighted by Crippen LogP contribution is 2.22. The van der Waals surface area contributed by atoms with Gasteiger partial charge in [0.1, 0.15) is 11.5 Å². The number of carbonyl (C=O) groups is 1. The molecule has 0 bridgehead atoms. The maximum atomic E-state index is 13.0. The summed E-state index contributed by atoms with van der Waals surface area (Å²) in [6.07, 6.45) is 0. The van der Waals surface area contributed by atoms with Crippen molar-refractivity contribution in [1.82, 2.24) is 15.0 Å². The van der Waals surface area contributed by atoms with Crippen LogP contribution in [-0.4, -0.2) is 51.0 Å². The van der Waals surface area contributed by atoms with Crippen LogP contribution in [0.5, 0.6) is 0 Å². The molecule has 0 radical (unpaired) electrons. The van der Waals surface area contributed by atoms with E-state index in [1.807, 2.05) is 0 Å².